The Morgan fingerprint density at radius 2 is 2.44 bits per heavy atom. The van der Waals surface area contributed by atoms with E-state index in [1.807, 2.05) is 11.3 Å². The molecule has 0 saturated carbocycles. The van der Waals surface area contributed by atoms with Crippen LogP contribution in [0, 0.1) is 5.92 Å². The lowest BCUT2D eigenvalue weighted by Gasteiger charge is -2.23. The topological polar surface area (TPSA) is 15.3 Å². The highest BCUT2D eigenvalue weighted by Gasteiger charge is 2.23. The molecule has 0 radical (unpaired) electrons. The molecule has 16 heavy (non-hydrogen) atoms. The van der Waals surface area contributed by atoms with Crippen molar-refractivity contribution >= 4 is 27.3 Å². The molecule has 0 bridgehead atoms. The van der Waals surface area contributed by atoms with Gasteiger partial charge in [-0.05, 0) is 47.9 Å². The molecule has 0 aromatic carbocycles. The van der Waals surface area contributed by atoms with Gasteiger partial charge in [0, 0.05) is 33.9 Å². The SMILES string of the molecule is CC1CCNC1CN(C)Cc1cc(Br)cs1. The Hall–Kier alpha value is 0.1000. The second-order valence-corrected chi connectivity index (χ2v) is 6.67. The number of nitrogens with one attached hydrogen (secondary N) is 1. The third-order valence-corrected chi connectivity index (χ3v) is 4.93. The molecule has 2 atom stereocenters. The molecule has 0 aliphatic carbocycles. The summed E-state index contributed by atoms with van der Waals surface area (Å²) >= 11 is 5.33. The first-order valence-corrected chi connectivity index (χ1v) is 7.47. The van der Waals surface area contributed by atoms with Crippen LogP contribution >= 0.6 is 27.3 Å². The third kappa shape index (κ3) is 3.29. The highest BCUT2D eigenvalue weighted by molar-refractivity contribution is 9.10. The maximum Gasteiger partial charge on any atom is 0.0325 e. The van der Waals surface area contributed by atoms with Crippen molar-refractivity contribution in [2.45, 2.75) is 25.9 Å². The van der Waals surface area contributed by atoms with Gasteiger partial charge in [0.05, 0.1) is 0 Å². The minimum Gasteiger partial charge on any atom is -0.312 e. The average molecular weight is 303 g/mol. The summed E-state index contributed by atoms with van der Waals surface area (Å²) in [5, 5.41) is 5.73. The van der Waals surface area contributed by atoms with Crippen LogP contribution in [-0.4, -0.2) is 31.1 Å². The molecule has 4 heteroatoms. The molecule has 2 heterocycles. The Bertz CT molecular complexity index is 340. The summed E-state index contributed by atoms with van der Waals surface area (Å²) < 4.78 is 1.20. The normalized spacial score (nSPS) is 25.5. The highest BCUT2D eigenvalue weighted by Crippen LogP contribution is 2.21. The smallest absolute Gasteiger partial charge is 0.0325 e. The zero-order valence-corrected chi connectivity index (χ0v) is 12.3. The summed E-state index contributed by atoms with van der Waals surface area (Å²) in [7, 11) is 2.21. The van der Waals surface area contributed by atoms with Gasteiger partial charge in [-0.2, -0.15) is 0 Å². The van der Waals surface area contributed by atoms with E-state index in [4.69, 9.17) is 0 Å². The second kappa shape index (κ2) is 5.63. The van der Waals surface area contributed by atoms with Gasteiger partial charge in [-0.1, -0.05) is 6.92 Å². The molecule has 1 aromatic rings. The molecule has 90 valence electrons. The average Bonchev–Trinajstić information content (AvgIpc) is 2.77. The van der Waals surface area contributed by atoms with Crippen LogP contribution in [0.25, 0.3) is 0 Å². The molecule has 1 aliphatic heterocycles. The van der Waals surface area contributed by atoms with E-state index in [0.29, 0.717) is 6.04 Å². The van der Waals surface area contributed by atoms with E-state index in [0.717, 1.165) is 19.0 Å². The van der Waals surface area contributed by atoms with Crippen molar-refractivity contribution in [3.8, 4) is 0 Å². The van der Waals surface area contributed by atoms with E-state index in [-0.39, 0.29) is 0 Å². The molecule has 1 aromatic heterocycles. The van der Waals surface area contributed by atoms with Crippen LogP contribution in [0.5, 0.6) is 0 Å². The van der Waals surface area contributed by atoms with E-state index in [2.05, 4.69) is 51.6 Å². The number of thiophene rings is 1. The van der Waals surface area contributed by atoms with Crippen LogP contribution < -0.4 is 5.32 Å². The summed E-state index contributed by atoms with van der Waals surface area (Å²) in [6, 6.07) is 2.89. The van der Waals surface area contributed by atoms with Gasteiger partial charge in [0.1, 0.15) is 0 Å². The Morgan fingerprint density at radius 1 is 1.62 bits per heavy atom. The minimum absolute atomic E-state index is 0.674. The van der Waals surface area contributed by atoms with Crippen LogP contribution in [0.4, 0.5) is 0 Å². The first-order valence-electron chi connectivity index (χ1n) is 5.80. The maximum atomic E-state index is 3.58. The van der Waals surface area contributed by atoms with Gasteiger partial charge in [-0.15, -0.1) is 11.3 Å². The highest BCUT2D eigenvalue weighted by atomic mass is 79.9. The summed E-state index contributed by atoms with van der Waals surface area (Å²) in [5.74, 6) is 0.817. The lowest BCUT2D eigenvalue weighted by Crippen LogP contribution is -2.37. The second-order valence-electron chi connectivity index (χ2n) is 4.75. The molecule has 1 saturated heterocycles. The summed E-state index contributed by atoms with van der Waals surface area (Å²) in [6.07, 6.45) is 1.32. The van der Waals surface area contributed by atoms with Crippen LogP contribution in [0.1, 0.15) is 18.2 Å². The molecular formula is C12H19BrN2S. The van der Waals surface area contributed by atoms with Crippen LogP contribution in [0.15, 0.2) is 15.9 Å². The van der Waals surface area contributed by atoms with Crippen molar-refractivity contribution in [3.05, 3.63) is 20.8 Å². The van der Waals surface area contributed by atoms with Gasteiger partial charge in [-0.25, -0.2) is 0 Å². The standard InChI is InChI=1S/C12H19BrN2S/c1-9-3-4-14-12(9)7-15(2)6-11-5-10(13)8-16-11/h5,8-9,12,14H,3-4,6-7H2,1-2H3. The number of hydrogen-bond donors (Lipinski definition) is 1. The Morgan fingerprint density at radius 3 is 3.00 bits per heavy atom. The van der Waals surface area contributed by atoms with Crippen molar-refractivity contribution in [1.29, 1.82) is 0 Å². The number of nitrogens with zero attached hydrogens (tertiary/aromatic N) is 1. The predicted octanol–water partition coefficient (Wildman–Crippen LogP) is 2.94. The summed E-state index contributed by atoms with van der Waals surface area (Å²) in [6.45, 7) is 5.74. The minimum atomic E-state index is 0.674. The third-order valence-electron chi connectivity index (χ3n) is 3.25. The molecule has 0 spiro atoms. The molecule has 1 N–H and O–H groups in total. The van der Waals surface area contributed by atoms with Gasteiger partial charge in [-0.3, -0.25) is 4.90 Å². The number of halogens is 1. The molecule has 1 fully saturated rings. The van der Waals surface area contributed by atoms with Crippen molar-refractivity contribution in [2.24, 2.45) is 5.92 Å². The molecule has 0 amide bonds. The maximum absolute atomic E-state index is 3.58. The molecule has 2 rings (SSSR count). The Labute approximate surface area is 110 Å². The summed E-state index contributed by atoms with van der Waals surface area (Å²) in [5.41, 5.74) is 0. The van der Waals surface area contributed by atoms with Gasteiger partial charge >= 0.3 is 0 Å². The lowest BCUT2D eigenvalue weighted by atomic mass is 10.0. The first kappa shape index (κ1) is 12.6. The van der Waals surface area contributed by atoms with E-state index in [1.54, 1.807) is 0 Å². The van der Waals surface area contributed by atoms with E-state index >= 15 is 0 Å². The quantitative estimate of drug-likeness (QED) is 0.920. The fraction of sp³-hybridized carbons (Fsp3) is 0.667. The number of hydrogen-bond acceptors (Lipinski definition) is 3. The van der Waals surface area contributed by atoms with Crippen LogP contribution in [0.3, 0.4) is 0 Å². The van der Waals surface area contributed by atoms with Crippen molar-refractivity contribution in [2.75, 3.05) is 20.1 Å². The van der Waals surface area contributed by atoms with Gasteiger partial charge in [0.25, 0.3) is 0 Å². The van der Waals surface area contributed by atoms with Gasteiger partial charge in [0.2, 0.25) is 0 Å². The van der Waals surface area contributed by atoms with E-state index in [9.17, 15) is 0 Å². The molecule has 1 aliphatic rings. The number of likely N-dealkylation sites (N-methyl/N-ethyl adjacent to an activating group) is 1. The fourth-order valence-corrected chi connectivity index (χ4v) is 3.78. The Kier molecular flexibility index (Phi) is 4.41. The zero-order chi connectivity index (χ0) is 11.5. The van der Waals surface area contributed by atoms with Gasteiger partial charge < -0.3 is 5.32 Å². The Balaban J connectivity index is 1.82. The van der Waals surface area contributed by atoms with Crippen molar-refractivity contribution in [1.82, 2.24) is 10.2 Å². The molecule has 2 nitrogen and oxygen atoms in total. The lowest BCUT2D eigenvalue weighted by molar-refractivity contribution is 0.273. The zero-order valence-electron chi connectivity index (χ0n) is 9.87. The van der Waals surface area contributed by atoms with Crippen molar-refractivity contribution in [3.63, 3.8) is 0 Å². The van der Waals surface area contributed by atoms with Crippen molar-refractivity contribution < 1.29 is 0 Å². The number of rotatable bonds is 4. The predicted molar refractivity (Wildman–Crippen MR) is 73.9 cm³/mol. The van der Waals surface area contributed by atoms with Crippen LogP contribution in [0.2, 0.25) is 0 Å². The van der Waals surface area contributed by atoms with Gasteiger partial charge in [0.15, 0.2) is 0 Å². The monoisotopic (exact) mass is 302 g/mol. The van der Waals surface area contributed by atoms with Crippen LogP contribution in [-0.2, 0) is 6.54 Å². The first-order chi connectivity index (χ1) is 7.65. The van der Waals surface area contributed by atoms with E-state index in [1.165, 1.54) is 22.3 Å². The largest absolute Gasteiger partial charge is 0.312 e. The molecular weight excluding hydrogens is 284 g/mol. The van der Waals surface area contributed by atoms with E-state index < -0.39 is 0 Å². The molecule has 2 unspecified atom stereocenters. The fourth-order valence-electron chi connectivity index (χ4n) is 2.25. The summed E-state index contributed by atoms with van der Waals surface area (Å²) in [4.78, 5) is 3.85.